The number of carbonyl (C=O) groups is 1. The first-order valence-corrected chi connectivity index (χ1v) is 5.65. The van der Waals surface area contributed by atoms with Crippen molar-refractivity contribution in [1.82, 2.24) is 5.32 Å². The van der Waals surface area contributed by atoms with Gasteiger partial charge in [0.25, 0.3) is 5.69 Å². The van der Waals surface area contributed by atoms with Gasteiger partial charge in [-0.15, -0.1) is 0 Å². The predicted octanol–water partition coefficient (Wildman–Crippen LogP) is 2.41. The summed E-state index contributed by atoms with van der Waals surface area (Å²) in [4.78, 5) is 21.6. The lowest BCUT2D eigenvalue weighted by Gasteiger charge is -2.21. The fourth-order valence-corrected chi connectivity index (χ4v) is 1.27. The van der Waals surface area contributed by atoms with Gasteiger partial charge in [0.15, 0.2) is 0 Å². The Kier molecular flexibility index (Phi) is 4.42. The third-order valence-corrected chi connectivity index (χ3v) is 2.68. The number of hydrogen-bond acceptors (Lipinski definition) is 4. The van der Waals surface area contributed by atoms with Crippen molar-refractivity contribution in [3.8, 4) is 6.07 Å². The second kappa shape index (κ2) is 5.82. The molecule has 1 unspecified atom stereocenters. The van der Waals surface area contributed by atoms with Crippen LogP contribution in [-0.4, -0.2) is 16.5 Å². The van der Waals surface area contributed by atoms with E-state index in [1.807, 2.05) is 6.07 Å². The number of nitrogens with one attached hydrogen (secondary N) is 2. The van der Waals surface area contributed by atoms with Gasteiger partial charge < -0.3 is 10.6 Å². The minimum atomic E-state index is -0.940. The molecule has 0 radical (unpaired) electrons. The topological polar surface area (TPSA) is 108 Å². The van der Waals surface area contributed by atoms with Crippen LogP contribution in [0.5, 0.6) is 0 Å². The standard InChI is InChI=1S/C12H14N4O3/c1-3-12(2,8-13)15-11(17)14-9-4-6-10(7-5-9)16(18)19/h4-7H,3H2,1-2H3,(H2,14,15,17). The first kappa shape index (κ1) is 14.4. The maximum absolute atomic E-state index is 11.7. The molecule has 1 rings (SSSR count). The number of non-ortho nitro benzene ring substituents is 1. The van der Waals surface area contributed by atoms with Crippen molar-refractivity contribution in [3.63, 3.8) is 0 Å². The first-order valence-electron chi connectivity index (χ1n) is 5.65. The molecule has 1 aromatic carbocycles. The number of benzene rings is 1. The van der Waals surface area contributed by atoms with E-state index in [9.17, 15) is 14.9 Å². The minimum Gasteiger partial charge on any atom is -0.320 e. The Morgan fingerprint density at radius 1 is 1.47 bits per heavy atom. The number of rotatable bonds is 4. The van der Waals surface area contributed by atoms with Crippen LogP contribution in [0.2, 0.25) is 0 Å². The van der Waals surface area contributed by atoms with Crippen LogP contribution >= 0.6 is 0 Å². The van der Waals surface area contributed by atoms with Crippen molar-refractivity contribution < 1.29 is 9.72 Å². The van der Waals surface area contributed by atoms with Crippen LogP contribution < -0.4 is 10.6 Å². The molecule has 1 aromatic rings. The highest BCUT2D eigenvalue weighted by molar-refractivity contribution is 5.90. The van der Waals surface area contributed by atoms with Crippen molar-refractivity contribution in [2.24, 2.45) is 0 Å². The molecule has 0 spiro atoms. The average molecular weight is 262 g/mol. The van der Waals surface area contributed by atoms with Crippen LogP contribution in [0.15, 0.2) is 24.3 Å². The smallest absolute Gasteiger partial charge is 0.320 e. The van der Waals surface area contributed by atoms with Crippen LogP contribution in [0.25, 0.3) is 0 Å². The molecule has 0 bridgehead atoms. The lowest BCUT2D eigenvalue weighted by molar-refractivity contribution is -0.384. The first-order chi connectivity index (χ1) is 8.90. The van der Waals surface area contributed by atoms with E-state index in [4.69, 9.17) is 5.26 Å². The summed E-state index contributed by atoms with van der Waals surface area (Å²) < 4.78 is 0. The van der Waals surface area contributed by atoms with Crippen LogP contribution in [0.4, 0.5) is 16.2 Å². The van der Waals surface area contributed by atoms with Gasteiger partial charge in [0.1, 0.15) is 5.54 Å². The Labute approximate surface area is 110 Å². The molecular weight excluding hydrogens is 248 g/mol. The number of hydrogen-bond donors (Lipinski definition) is 2. The molecule has 1 atom stereocenters. The van der Waals surface area contributed by atoms with E-state index in [0.29, 0.717) is 12.1 Å². The Hall–Kier alpha value is -2.62. The maximum atomic E-state index is 11.7. The van der Waals surface area contributed by atoms with Crippen molar-refractivity contribution >= 4 is 17.4 Å². The van der Waals surface area contributed by atoms with Crippen molar-refractivity contribution in [2.45, 2.75) is 25.8 Å². The summed E-state index contributed by atoms with van der Waals surface area (Å²) in [5, 5.41) is 24.4. The average Bonchev–Trinajstić information content (AvgIpc) is 2.39. The second-order valence-electron chi connectivity index (χ2n) is 4.18. The number of nitro benzene ring substituents is 1. The van der Waals surface area contributed by atoms with Gasteiger partial charge in [0.2, 0.25) is 0 Å². The summed E-state index contributed by atoms with van der Waals surface area (Å²) >= 11 is 0. The van der Waals surface area contributed by atoms with Gasteiger partial charge >= 0.3 is 6.03 Å². The van der Waals surface area contributed by atoms with Crippen molar-refractivity contribution in [1.29, 1.82) is 5.26 Å². The quantitative estimate of drug-likeness (QED) is 0.641. The summed E-state index contributed by atoms with van der Waals surface area (Å²) in [7, 11) is 0. The summed E-state index contributed by atoms with van der Waals surface area (Å²) in [5.41, 5.74) is -0.578. The molecule has 19 heavy (non-hydrogen) atoms. The van der Waals surface area contributed by atoms with E-state index in [1.54, 1.807) is 13.8 Å². The van der Waals surface area contributed by atoms with Crippen LogP contribution in [0.3, 0.4) is 0 Å². The molecule has 0 saturated heterocycles. The molecule has 2 N–H and O–H groups in total. The monoisotopic (exact) mass is 262 g/mol. The Morgan fingerprint density at radius 2 is 2.05 bits per heavy atom. The van der Waals surface area contributed by atoms with Crippen LogP contribution in [0, 0.1) is 21.4 Å². The molecule has 7 nitrogen and oxygen atoms in total. The SMILES string of the molecule is CCC(C)(C#N)NC(=O)Nc1ccc([N+](=O)[O-])cc1. The molecule has 7 heteroatoms. The molecule has 100 valence electrons. The molecular formula is C12H14N4O3. The van der Waals surface area contributed by atoms with Crippen LogP contribution in [0.1, 0.15) is 20.3 Å². The summed E-state index contributed by atoms with van der Waals surface area (Å²) in [6.45, 7) is 3.40. The number of nitro groups is 1. The van der Waals surface area contributed by atoms with E-state index in [0.717, 1.165) is 0 Å². The van der Waals surface area contributed by atoms with Crippen molar-refractivity contribution in [2.75, 3.05) is 5.32 Å². The summed E-state index contributed by atoms with van der Waals surface area (Å²) in [6, 6.07) is 6.91. The van der Waals surface area contributed by atoms with Gasteiger partial charge in [-0.1, -0.05) is 6.92 Å². The lowest BCUT2D eigenvalue weighted by atomic mass is 10.0. The van der Waals surface area contributed by atoms with E-state index in [-0.39, 0.29) is 5.69 Å². The molecule has 0 aliphatic heterocycles. The van der Waals surface area contributed by atoms with Gasteiger partial charge in [-0.3, -0.25) is 10.1 Å². The second-order valence-corrected chi connectivity index (χ2v) is 4.18. The van der Waals surface area contributed by atoms with Gasteiger partial charge in [-0.25, -0.2) is 4.79 Å². The molecule has 0 heterocycles. The normalized spacial score (nSPS) is 12.9. The highest BCUT2D eigenvalue weighted by Gasteiger charge is 2.23. The fourth-order valence-electron chi connectivity index (χ4n) is 1.27. The third kappa shape index (κ3) is 3.96. The largest absolute Gasteiger partial charge is 0.320 e. The summed E-state index contributed by atoms with van der Waals surface area (Å²) in [6.07, 6.45) is 0.469. The van der Waals surface area contributed by atoms with Gasteiger partial charge in [-0.05, 0) is 25.5 Å². The Morgan fingerprint density at radius 3 is 2.47 bits per heavy atom. The number of nitrogens with zero attached hydrogens (tertiary/aromatic N) is 2. The highest BCUT2D eigenvalue weighted by atomic mass is 16.6. The predicted molar refractivity (Wildman–Crippen MR) is 69.6 cm³/mol. The molecule has 0 aliphatic rings. The maximum Gasteiger partial charge on any atom is 0.320 e. The fraction of sp³-hybridized carbons (Fsp3) is 0.333. The molecule has 2 amide bonds. The highest BCUT2D eigenvalue weighted by Crippen LogP contribution is 2.15. The zero-order valence-electron chi connectivity index (χ0n) is 10.6. The zero-order valence-corrected chi connectivity index (χ0v) is 10.6. The Bertz CT molecular complexity index is 521. The van der Waals surface area contributed by atoms with Crippen molar-refractivity contribution in [3.05, 3.63) is 34.4 Å². The Balaban J connectivity index is 2.68. The van der Waals surface area contributed by atoms with E-state index in [2.05, 4.69) is 10.6 Å². The molecule has 0 aliphatic carbocycles. The van der Waals surface area contributed by atoms with E-state index in [1.165, 1.54) is 24.3 Å². The minimum absolute atomic E-state index is 0.0543. The number of nitriles is 1. The van der Waals surface area contributed by atoms with Gasteiger partial charge in [-0.2, -0.15) is 5.26 Å². The summed E-state index contributed by atoms with van der Waals surface area (Å²) in [5.74, 6) is 0. The number of anilines is 1. The lowest BCUT2D eigenvalue weighted by Crippen LogP contribution is -2.46. The molecule has 0 fully saturated rings. The number of carbonyl (C=O) groups excluding carboxylic acids is 1. The molecule has 0 aromatic heterocycles. The van der Waals surface area contributed by atoms with Crippen LogP contribution in [-0.2, 0) is 0 Å². The third-order valence-electron chi connectivity index (χ3n) is 2.68. The number of amides is 2. The molecule has 0 saturated carbocycles. The van der Waals surface area contributed by atoms with Gasteiger partial charge in [0.05, 0.1) is 11.0 Å². The zero-order chi connectivity index (χ0) is 14.5. The van der Waals surface area contributed by atoms with E-state index < -0.39 is 16.5 Å². The van der Waals surface area contributed by atoms with E-state index >= 15 is 0 Å². The van der Waals surface area contributed by atoms with Gasteiger partial charge in [0, 0.05) is 17.8 Å². The number of urea groups is 1.